The lowest BCUT2D eigenvalue weighted by Gasteiger charge is -2.24. The molecule has 5 heteroatoms. The van der Waals surface area contributed by atoms with E-state index in [1.54, 1.807) is 0 Å². The zero-order chi connectivity index (χ0) is 10.0. The van der Waals surface area contributed by atoms with Crippen LogP contribution in [-0.2, 0) is 0 Å². The highest BCUT2D eigenvalue weighted by atomic mass is 16.3. The average molecular weight is 187 g/mol. The molecular formula is C8H17N3O2. The van der Waals surface area contributed by atoms with Gasteiger partial charge in [-0.3, -0.25) is 10.3 Å². The number of aliphatic hydroxyl groups is 2. The van der Waals surface area contributed by atoms with Crippen LogP contribution < -0.4 is 5.73 Å². The fraction of sp³-hybridized carbons (Fsp3) is 0.875. The standard InChI is InChI=1S/C8H17N3O2/c1-2-5(8(9)10)11-3-6(12)7(13)4-11/h5-7,12-13H,2-4H2,1H3,(H3,9,10). The molecule has 13 heavy (non-hydrogen) atoms. The van der Waals surface area contributed by atoms with E-state index in [-0.39, 0.29) is 11.9 Å². The van der Waals surface area contributed by atoms with E-state index in [4.69, 9.17) is 11.1 Å². The van der Waals surface area contributed by atoms with Gasteiger partial charge in [0.05, 0.1) is 18.2 Å². The minimum atomic E-state index is -0.701. The zero-order valence-electron chi connectivity index (χ0n) is 7.77. The van der Waals surface area contributed by atoms with Crippen LogP contribution in [0.5, 0.6) is 0 Å². The van der Waals surface area contributed by atoms with Crippen molar-refractivity contribution in [2.75, 3.05) is 13.1 Å². The molecule has 1 aliphatic heterocycles. The summed E-state index contributed by atoms with van der Waals surface area (Å²) in [5.41, 5.74) is 5.40. The second kappa shape index (κ2) is 4.04. The van der Waals surface area contributed by atoms with Gasteiger partial charge in [-0.2, -0.15) is 0 Å². The molecule has 0 spiro atoms. The molecule has 5 nitrogen and oxygen atoms in total. The highest BCUT2D eigenvalue weighted by Gasteiger charge is 2.34. The van der Waals surface area contributed by atoms with Crippen molar-refractivity contribution < 1.29 is 10.2 Å². The van der Waals surface area contributed by atoms with Crippen molar-refractivity contribution in [3.05, 3.63) is 0 Å². The Kier molecular flexibility index (Phi) is 3.24. The van der Waals surface area contributed by atoms with E-state index in [0.717, 1.165) is 6.42 Å². The van der Waals surface area contributed by atoms with Gasteiger partial charge in [-0.1, -0.05) is 6.92 Å². The number of β-amino-alcohol motifs (C(OH)–C–C–N with tert-alkyl or cyclic N) is 2. The highest BCUT2D eigenvalue weighted by molar-refractivity contribution is 5.82. The van der Waals surface area contributed by atoms with Crippen LogP contribution >= 0.6 is 0 Å². The topological polar surface area (TPSA) is 93.6 Å². The quantitative estimate of drug-likeness (QED) is 0.327. The van der Waals surface area contributed by atoms with E-state index in [2.05, 4.69) is 0 Å². The number of amidine groups is 1. The van der Waals surface area contributed by atoms with E-state index < -0.39 is 12.2 Å². The minimum Gasteiger partial charge on any atom is -0.389 e. The summed E-state index contributed by atoms with van der Waals surface area (Å²) < 4.78 is 0. The van der Waals surface area contributed by atoms with Gasteiger partial charge in [-0.15, -0.1) is 0 Å². The van der Waals surface area contributed by atoms with Crippen LogP contribution in [0.3, 0.4) is 0 Å². The second-order valence-electron chi connectivity index (χ2n) is 3.47. The van der Waals surface area contributed by atoms with Crippen LogP contribution in [0.2, 0.25) is 0 Å². The Balaban J connectivity index is 2.57. The van der Waals surface area contributed by atoms with E-state index in [1.165, 1.54) is 0 Å². The molecule has 0 saturated carbocycles. The predicted molar refractivity (Wildman–Crippen MR) is 49.6 cm³/mol. The van der Waals surface area contributed by atoms with Crippen LogP contribution in [0.1, 0.15) is 13.3 Å². The fourth-order valence-electron chi connectivity index (χ4n) is 1.73. The normalized spacial score (nSPS) is 31.9. The summed E-state index contributed by atoms with van der Waals surface area (Å²) in [6.07, 6.45) is -0.670. The van der Waals surface area contributed by atoms with E-state index in [9.17, 15) is 10.2 Å². The predicted octanol–water partition coefficient (Wildman–Crippen LogP) is -1.26. The number of aliphatic hydroxyl groups excluding tert-OH is 2. The van der Waals surface area contributed by atoms with Crippen molar-refractivity contribution in [1.29, 1.82) is 5.41 Å². The first-order valence-electron chi connectivity index (χ1n) is 4.50. The third kappa shape index (κ3) is 2.18. The smallest absolute Gasteiger partial charge is 0.108 e. The van der Waals surface area contributed by atoms with E-state index >= 15 is 0 Å². The molecular weight excluding hydrogens is 170 g/mol. The minimum absolute atomic E-state index is 0.101. The van der Waals surface area contributed by atoms with Gasteiger partial charge in [-0.25, -0.2) is 0 Å². The molecule has 0 aromatic heterocycles. The molecule has 1 aliphatic rings. The summed E-state index contributed by atoms with van der Waals surface area (Å²) in [5, 5.41) is 25.9. The number of hydrogen-bond donors (Lipinski definition) is 4. The molecule has 3 unspecified atom stereocenters. The van der Waals surface area contributed by atoms with Crippen LogP contribution in [0.4, 0.5) is 0 Å². The van der Waals surface area contributed by atoms with Gasteiger partial charge in [0.25, 0.3) is 0 Å². The van der Waals surface area contributed by atoms with E-state index in [0.29, 0.717) is 13.1 Å². The van der Waals surface area contributed by atoms with Gasteiger partial charge in [0.1, 0.15) is 5.84 Å². The van der Waals surface area contributed by atoms with Crippen molar-refractivity contribution >= 4 is 5.84 Å². The van der Waals surface area contributed by atoms with Crippen LogP contribution in [0.15, 0.2) is 0 Å². The zero-order valence-corrected chi connectivity index (χ0v) is 7.77. The average Bonchev–Trinajstić information content (AvgIpc) is 2.32. The third-order valence-corrected chi connectivity index (χ3v) is 2.47. The summed E-state index contributed by atoms with van der Waals surface area (Å²) in [4.78, 5) is 1.84. The van der Waals surface area contributed by atoms with Crippen LogP contribution in [0.25, 0.3) is 0 Å². The molecule has 0 aromatic carbocycles. The lowest BCUT2D eigenvalue weighted by molar-refractivity contribution is 0.0572. The van der Waals surface area contributed by atoms with Crippen molar-refractivity contribution in [3.63, 3.8) is 0 Å². The lowest BCUT2D eigenvalue weighted by Crippen LogP contribution is -2.43. The molecule has 0 aromatic rings. The fourth-order valence-corrected chi connectivity index (χ4v) is 1.73. The Bertz CT molecular complexity index is 188. The maximum absolute atomic E-state index is 9.29. The third-order valence-electron chi connectivity index (χ3n) is 2.47. The maximum atomic E-state index is 9.29. The van der Waals surface area contributed by atoms with Gasteiger partial charge < -0.3 is 15.9 Å². The summed E-state index contributed by atoms with van der Waals surface area (Å²) in [6.45, 7) is 2.74. The van der Waals surface area contributed by atoms with Crippen LogP contribution in [0, 0.1) is 5.41 Å². The first kappa shape index (κ1) is 10.4. The Morgan fingerprint density at radius 2 is 2.00 bits per heavy atom. The first-order valence-corrected chi connectivity index (χ1v) is 4.50. The Hall–Kier alpha value is -0.650. The SMILES string of the molecule is CCC(C(=N)N)N1CC(O)C(O)C1. The molecule has 3 atom stereocenters. The molecule has 0 amide bonds. The number of hydrogen-bond acceptors (Lipinski definition) is 4. The summed E-state index contributed by atoms with van der Waals surface area (Å²) in [5.74, 6) is 0.101. The molecule has 1 heterocycles. The van der Waals surface area contributed by atoms with Crippen molar-refractivity contribution in [3.8, 4) is 0 Å². The van der Waals surface area contributed by atoms with Crippen molar-refractivity contribution in [2.24, 2.45) is 5.73 Å². The molecule has 1 rings (SSSR count). The monoisotopic (exact) mass is 187 g/mol. The molecule has 0 aliphatic carbocycles. The number of likely N-dealkylation sites (tertiary alicyclic amines) is 1. The van der Waals surface area contributed by atoms with Gasteiger partial charge in [0.15, 0.2) is 0 Å². The number of nitrogens with zero attached hydrogens (tertiary/aromatic N) is 1. The number of rotatable bonds is 3. The molecule has 0 radical (unpaired) electrons. The molecule has 1 saturated heterocycles. The Labute approximate surface area is 77.7 Å². The highest BCUT2D eigenvalue weighted by Crippen LogP contribution is 2.15. The first-order chi connectivity index (χ1) is 6.06. The van der Waals surface area contributed by atoms with Crippen molar-refractivity contribution in [2.45, 2.75) is 31.6 Å². The maximum Gasteiger partial charge on any atom is 0.108 e. The second-order valence-corrected chi connectivity index (χ2v) is 3.47. The molecule has 0 bridgehead atoms. The largest absolute Gasteiger partial charge is 0.389 e. The number of nitrogens with two attached hydrogens (primary N) is 1. The summed E-state index contributed by atoms with van der Waals surface area (Å²) in [6, 6.07) is -0.146. The Morgan fingerprint density at radius 1 is 1.54 bits per heavy atom. The van der Waals surface area contributed by atoms with Gasteiger partial charge >= 0.3 is 0 Å². The Morgan fingerprint density at radius 3 is 2.31 bits per heavy atom. The van der Waals surface area contributed by atoms with Gasteiger partial charge in [0.2, 0.25) is 0 Å². The summed E-state index contributed by atoms with van der Waals surface area (Å²) in [7, 11) is 0. The molecule has 76 valence electrons. The van der Waals surface area contributed by atoms with Crippen LogP contribution in [-0.4, -0.2) is 52.3 Å². The van der Waals surface area contributed by atoms with Crippen molar-refractivity contribution in [1.82, 2.24) is 4.90 Å². The summed E-state index contributed by atoms with van der Waals surface area (Å²) >= 11 is 0. The molecule has 5 N–H and O–H groups in total. The van der Waals surface area contributed by atoms with E-state index in [1.807, 2.05) is 11.8 Å². The molecule has 1 fully saturated rings. The van der Waals surface area contributed by atoms with Gasteiger partial charge in [0, 0.05) is 13.1 Å². The lowest BCUT2D eigenvalue weighted by atomic mass is 10.2. The number of nitrogens with one attached hydrogen (secondary N) is 1. The van der Waals surface area contributed by atoms with Gasteiger partial charge in [-0.05, 0) is 6.42 Å².